The van der Waals surface area contributed by atoms with Crippen molar-refractivity contribution >= 4 is 29.7 Å². The Morgan fingerprint density at radius 2 is 0.961 bits per heavy atom. The zero-order valence-corrected chi connectivity index (χ0v) is 41.1. The Morgan fingerprint density at radius 1 is 0.532 bits per heavy atom. The Labute approximate surface area is 434 Å². The fraction of sp³-hybridized carbons (Fsp3) is 0.881. The van der Waals surface area contributed by atoms with Gasteiger partial charge in [-0.05, 0) is 0 Å². The van der Waals surface area contributed by atoms with Crippen molar-refractivity contribution in [1.82, 2.24) is 16.0 Å². The lowest BCUT2D eigenvalue weighted by molar-refractivity contribution is -0.387. The summed E-state index contributed by atoms with van der Waals surface area (Å²) in [5.41, 5.74) is 0. The molecular formula is C42H69N3O32. The molecule has 5 heterocycles. The topological polar surface area (TPSA) is 569 Å². The van der Waals surface area contributed by atoms with Gasteiger partial charge in [-0.1, -0.05) is 0 Å². The van der Waals surface area contributed by atoms with Gasteiger partial charge in [0.25, 0.3) is 11.6 Å². The molecule has 0 saturated carbocycles. The van der Waals surface area contributed by atoms with Crippen LogP contribution in [-0.2, 0) is 66.6 Å². The fourth-order valence-electron chi connectivity index (χ4n) is 9.64. The van der Waals surface area contributed by atoms with Gasteiger partial charge in [0.05, 0.1) is 57.3 Å². The third-order valence-electron chi connectivity index (χ3n) is 13.5. The van der Waals surface area contributed by atoms with Crippen LogP contribution in [0.4, 0.5) is 0 Å². The molecule has 5 aliphatic heterocycles. The molecule has 21 N–H and O–H groups in total. The number of carboxylic acids is 2. The second-order valence-electron chi connectivity index (χ2n) is 19.0. The monoisotopic (exact) mass is 1130 g/mol. The van der Waals surface area contributed by atoms with Crippen LogP contribution >= 0.6 is 0 Å². The molecule has 0 aliphatic carbocycles. The van der Waals surface area contributed by atoms with Gasteiger partial charge in [-0.2, -0.15) is 0 Å². The van der Waals surface area contributed by atoms with E-state index >= 15 is 0 Å². The molecule has 0 aromatic carbocycles. The number of amides is 3. The molecule has 5 aliphatic rings. The number of carboxylic acid groups (broad SMARTS) is 2. The molecule has 5 fully saturated rings. The van der Waals surface area contributed by atoms with Crippen molar-refractivity contribution in [2.24, 2.45) is 0 Å². The highest BCUT2D eigenvalue weighted by Gasteiger charge is 2.63. The van der Waals surface area contributed by atoms with Crippen molar-refractivity contribution in [1.29, 1.82) is 0 Å². The lowest BCUT2D eigenvalue weighted by Crippen LogP contribution is -2.72. The van der Waals surface area contributed by atoms with Crippen LogP contribution in [0.5, 0.6) is 0 Å². The highest BCUT2D eigenvalue weighted by atomic mass is 16.8. The van der Waals surface area contributed by atoms with Gasteiger partial charge in [0.1, 0.15) is 110 Å². The molecule has 0 aromatic rings. The van der Waals surface area contributed by atoms with Crippen LogP contribution in [0.3, 0.4) is 0 Å². The van der Waals surface area contributed by atoms with Crippen LogP contribution in [0.25, 0.3) is 0 Å². The Morgan fingerprint density at radius 3 is 1.44 bits per heavy atom. The van der Waals surface area contributed by atoms with Crippen molar-refractivity contribution in [2.75, 3.05) is 33.0 Å². The van der Waals surface area contributed by atoms with E-state index in [1.807, 2.05) is 0 Å². The van der Waals surface area contributed by atoms with Crippen LogP contribution in [0.2, 0.25) is 0 Å². The molecule has 444 valence electrons. The Hall–Kier alpha value is -3.65. The third-order valence-corrected chi connectivity index (χ3v) is 13.5. The summed E-state index contributed by atoms with van der Waals surface area (Å²) in [7, 11) is 0. The number of ether oxygens (including phenoxy) is 9. The zero-order chi connectivity index (χ0) is 57.8. The lowest BCUT2D eigenvalue weighted by Gasteiger charge is -2.52. The van der Waals surface area contributed by atoms with Crippen LogP contribution in [-0.4, -0.2) is 319 Å². The van der Waals surface area contributed by atoms with Gasteiger partial charge in [0.15, 0.2) is 18.9 Å². The van der Waals surface area contributed by atoms with Crippen molar-refractivity contribution < 1.29 is 159 Å². The maximum absolute atomic E-state index is 13.4. The molecule has 0 aromatic heterocycles. The number of aliphatic carboxylic acids is 2. The SMILES string of the molecule is CC(=O)N[C@H]1[C@H](O[C@H]2[C@@H](O)[C@@H](CO)OC(O)[C@@H]2O)O[C@H](CO)[C@@H](O)[C@@H]1O[C@@H]1O[C@H](CO)[C@H](O)[C@H](O[C@]2(C(=O)O)C[C@H](O)[C@@H](NC(C)=O)[C@H]([C@H](O)[C@@H](CO)O[C@]3(C(=O)O)C[C@H](O)[C@@H](NC(C)=O)[C@H]([C@H](O)[C@H](O)CO)O3)O2)[C@H]1O. The van der Waals surface area contributed by atoms with Gasteiger partial charge < -0.3 is 150 Å². The van der Waals surface area contributed by atoms with Crippen molar-refractivity contribution in [2.45, 2.75) is 198 Å². The first-order valence-corrected chi connectivity index (χ1v) is 23.9. The molecule has 27 atom stereocenters. The number of aliphatic hydroxyl groups is 16. The molecular weight excluding hydrogens is 1060 g/mol. The second-order valence-corrected chi connectivity index (χ2v) is 19.0. The molecule has 0 spiro atoms. The van der Waals surface area contributed by atoms with Gasteiger partial charge in [0, 0.05) is 33.6 Å². The zero-order valence-electron chi connectivity index (χ0n) is 41.1. The van der Waals surface area contributed by atoms with Crippen LogP contribution < -0.4 is 16.0 Å². The summed E-state index contributed by atoms with van der Waals surface area (Å²) in [6, 6.07) is -5.52. The standard InChI is InChI=1S/C42H69N3O32/c1-11(51)43-21-14(54)4-41(39(65)66,75-32(21)24(57)16(56)6-46)74-20(10-50)28(61)33-22(44-12(2)52)15(55)5-42(76-33,40(67)68)77-35-27(60)19(9-49)71-38(30(35)63)72-31-23(45-13(3)53)37(70-18(8-48)25(31)58)73-34-26(59)17(7-47)69-36(64)29(34)62/h14-38,46-50,54-64H,4-10H2,1-3H3,(H,43,51)(H,44,52)(H,45,53)(H,65,66)(H,67,68)/t14-,15-,16+,17+,18+,19+,20+,21+,22+,23+,24+,25+,26-,27-,28+,29+,30+,31+,32+,33+,34-,35-,36?,37-,38-,41+,42-/m0/s1. The molecule has 35 heteroatoms. The predicted octanol–water partition coefficient (Wildman–Crippen LogP) is -13.1. The number of carbonyl (C=O) groups is 5. The van der Waals surface area contributed by atoms with E-state index < -0.39 is 240 Å². The van der Waals surface area contributed by atoms with Gasteiger partial charge in [-0.25, -0.2) is 9.59 Å². The first-order chi connectivity index (χ1) is 36.0. The maximum Gasteiger partial charge on any atom is 0.364 e. The first kappa shape index (κ1) is 64.2. The molecule has 35 nitrogen and oxygen atoms in total. The summed E-state index contributed by atoms with van der Waals surface area (Å²) in [5.74, 6) is -13.9. The van der Waals surface area contributed by atoms with Crippen molar-refractivity contribution in [3.8, 4) is 0 Å². The summed E-state index contributed by atoms with van der Waals surface area (Å²) >= 11 is 0. The summed E-state index contributed by atoms with van der Waals surface area (Å²) in [6.45, 7) is -3.04. The molecule has 5 rings (SSSR count). The summed E-state index contributed by atoms with van der Waals surface area (Å²) in [6.07, 6.45) is -49.9. The quantitative estimate of drug-likeness (QED) is 0.0479. The van der Waals surface area contributed by atoms with E-state index in [0.29, 0.717) is 0 Å². The van der Waals surface area contributed by atoms with Gasteiger partial charge in [-0.15, -0.1) is 0 Å². The van der Waals surface area contributed by atoms with Crippen LogP contribution in [0, 0.1) is 0 Å². The number of nitrogens with one attached hydrogen (secondary N) is 3. The highest BCUT2D eigenvalue weighted by Crippen LogP contribution is 2.41. The number of hydrogen-bond acceptors (Lipinski definition) is 30. The Balaban J connectivity index is 1.50. The van der Waals surface area contributed by atoms with E-state index in [9.17, 15) is 116 Å². The number of aliphatic hydroxyl groups excluding tert-OH is 16. The van der Waals surface area contributed by atoms with Gasteiger partial charge in [-0.3, -0.25) is 14.4 Å². The molecule has 77 heavy (non-hydrogen) atoms. The van der Waals surface area contributed by atoms with Gasteiger partial charge in [0.2, 0.25) is 17.7 Å². The summed E-state index contributed by atoms with van der Waals surface area (Å²) in [4.78, 5) is 63.6. The fourth-order valence-corrected chi connectivity index (χ4v) is 9.64. The van der Waals surface area contributed by atoms with Gasteiger partial charge >= 0.3 is 11.9 Å². The van der Waals surface area contributed by atoms with E-state index in [-0.39, 0.29) is 0 Å². The molecule has 3 amide bonds. The third kappa shape index (κ3) is 13.9. The van der Waals surface area contributed by atoms with Crippen LogP contribution in [0.1, 0.15) is 33.6 Å². The summed E-state index contributed by atoms with van der Waals surface area (Å²) < 4.78 is 50.6. The Kier molecular flexibility index (Phi) is 22.3. The minimum absolute atomic E-state index is 0.863. The largest absolute Gasteiger partial charge is 0.477 e. The number of carbonyl (C=O) groups excluding carboxylic acids is 3. The molecule has 5 saturated heterocycles. The van der Waals surface area contributed by atoms with Crippen molar-refractivity contribution in [3.63, 3.8) is 0 Å². The van der Waals surface area contributed by atoms with E-state index in [4.69, 9.17) is 42.6 Å². The normalized spacial score (nSPS) is 43.2. The highest BCUT2D eigenvalue weighted by molar-refractivity contribution is 5.77. The molecule has 0 bridgehead atoms. The number of hydrogen-bond donors (Lipinski definition) is 21. The minimum Gasteiger partial charge on any atom is -0.477 e. The van der Waals surface area contributed by atoms with Crippen molar-refractivity contribution in [3.05, 3.63) is 0 Å². The smallest absolute Gasteiger partial charge is 0.364 e. The van der Waals surface area contributed by atoms with E-state index in [0.717, 1.165) is 20.8 Å². The minimum atomic E-state index is -3.45. The van der Waals surface area contributed by atoms with E-state index in [2.05, 4.69) is 16.0 Å². The predicted molar refractivity (Wildman–Crippen MR) is 236 cm³/mol. The number of rotatable bonds is 22. The average Bonchev–Trinajstić information content (AvgIpc) is 3.37. The molecule has 1 unspecified atom stereocenters. The summed E-state index contributed by atoms with van der Waals surface area (Å²) in [5, 5.41) is 201. The molecule has 0 radical (unpaired) electrons. The lowest BCUT2D eigenvalue weighted by atomic mass is 9.87. The van der Waals surface area contributed by atoms with E-state index in [1.54, 1.807) is 0 Å². The second kappa shape index (κ2) is 26.7. The Bertz CT molecular complexity index is 2000. The average molecular weight is 1130 g/mol. The van der Waals surface area contributed by atoms with Crippen LogP contribution in [0.15, 0.2) is 0 Å². The first-order valence-electron chi connectivity index (χ1n) is 23.9. The van der Waals surface area contributed by atoms with E-state index in [1.165, 1.54) is 0 Å². The maximum atomic E-state index is 13.4.